The summed E-state index contributed by atoms with van der Waals surface area (Å²) in [6, 6.07) is 9.18. The normalized spacial score (nSPS) is 19.9. The summed E-state index contributed by atoms with van der Waals surface area (Å²) in [7, 11) is 2.08. The lowest BCUT2D eigenvalue weighted by Gasteiger charge is -2.27. The SMILES string of the molecule is CNC(CCCC1CCOc2ccccc21)C(C)C. The van der Waals surface area contributed by atoms with E-state index in [9.17, 15) is 0 Å². The number of hydrogen-bond donors (Lipinski definition) is 1. The minimum Gasteiger partial charge on any atom is -0.493 e. The predicted molar refractivity (Wildman–Crippen MR) is 80.8 cm³/mol. The molecule has 1 aliphatic rings. The van der Waals surface area contributed by atoms with Gasteiger partial charge in [-0.3, -0.25) is 0 Å². The number of hydrogen-bond acceptors (Lipinski definition) is 2. The minimum atomic E-state index is 0.648. The van der Waals surface area contributed by atoms with Crippen LogP contribution in [0.3, 0.4) is 0 Å². The van der Waals surface area contributed by atoms with Crippen molar-refractivity contribution in [3.63, 3.8) is 0 Å². The topological polar surface area (TPSA) is 21.3 Å². The fraction of sp³-hybridized carbons (Fsp3) is 0.647. The Bertz CT molecular complexity index is 389. The van der Waals surface area contributed by atoms with Crippen LogP contribution in [0.5, 0.6) is 5.75 Å². The molecule has 1 N–H and O–H groups in total. The van der Waals surface area contributed by atoms with Crippen molar-refractivity contribution in [2.24, 2.45) is 5.92 Å². The molecule has 0 spiro atoms. The lowest BCUT2D eigenvalue weighted by molar-refractivity contribution is 0.259. The van der Waals surface area contributed by atoms with E-state index in [0.29, 0.717) is 17.9 Å². The Balaban J connectivity index is 1.87. The van der Waals surface area contributed by atoms with Gasteiger partial charge in [0.2, 0.25) is 0 Å². The van der Waals surface area contributed by atoms with E-state index in [-0.39, 0.29) is 0 Å². The minimum absolute atomic E-state index is 0.648. The largest absolute Gasteiger partial charge is 0.493 e. The van der Waals surface area contributed by atoms with E-state index >= 15 is 0 Å². The highest BCUT2D eigenvalue weighted by atomic mass is 16.5. The Hall–Kier alpha value is -1.02. The van der Waals surface area contributed by atoms with Crippen molar-refractivity contribution in [1.82, 2.24) is 5.32 Å². The van der Waals surface area contributed by atoms with Gasteiger partial charge in [0, 0.05) is 6.04 Å². The van der Waals surface area contributed by atoms with Crippen molar-refractivity contribution >= 4 is 0 Å². The first-order chi connectivity index (χ1) is 9.22. The summed E-state index contributed by atoms with van der Waals surface area (Å²) in [5.74, 6) is 2.51. The molecular weight excluding hydrogens is 234 g/mol. The van der Waals surface area contributed by atoms with Crippen LogP contribution in [0.25, 0.3) is 0 Å². The Kier molecular flexibility index (Phi) is 5.26. The van der Waals surface area contributed by atoms with E-state index in [1.165, 1.54) is 31.2 Å². The molecule has 0 saturated carbocycles. The molecular formula is C17H27NO. The lowest BCUT2D eigenvalue weighted by atomic mass is 9.87. The summed E-state index contributed by atoms with van der Waals surface area (Å²) < 4.78 is 5.73. The van der Waals surface area contributed by atoms with Crippen LogP contribution in [0, 0.1) is 5.92 Å². The van der Waals surface area contributed by atoms with Crippen LogP contribution in [0.2, 0.25) is 0 Å². The molecule has 2 atom stereocenters. The van der Waals surface area contributed by atoms with Crippen molar-refractivity contribution in [1.29, 1.82) is 0 Å². The zero-order chi connectivity index (χ0) is 13.7. The van der Waals surface area contributed by atoms with Crippen molar-refractivity contribution in [2.45, 2.75) is 51.5 Å². The number of nitrogens with one attached hydrogen (secondary N) is 1. The van der Waals surface area contributed by atoms with Gasteiger partial charge in [0.1, 0.15) is 5.75 Å². The van der Waals surface area contributed by atoms with Gasteiger partial charge in [0.15, 0.2) is 0 Å². The monoisotopic (exact) mass is 261 g/mol. The van der Waals surface area contributed by atoms with Crippen LogP contribution in [0.4, 0.5) is 0 Å². The maximum Gasteiger partial charge on any atom is 0.122 e. The standard InChI is InChI=1S/C17H27NO/c1-13(2)16(18-3)9-6-7-14-11-12-19-17-10-5-4-8-15(14)17/h4-5,8,10,13-14,16,18H,6-7,9,11-12H2,1-3H3. The van der Waals surface area contributed by atoms with Gasteiger partial charge in [-0.05, 0) is 49.8 Å². The zero-order valence-corrected chi connectivity index (χ0v) is 12.5. The van der Waals surface area contributed by atoms with Gasteiger partial charge >= 0.3 is 0 Å². The smallest absolute Gasteiger partial charge is 0.122 e. The summed E-state index contributed by atoms with van der Waals surface area (Å²) in [6.45, 7) is 5.47. The number of benzene rings is 1. The van der Waals surface area contributed by atoms with Crippen LogP contribution >= 0.6 is 0 Å². The molecule has 0 radical (unpaired) electrons. The van der Waals surface area contributed by atoms with E-state index in [1.54, 1.807) is 0 Å². The van der Waals surface area contributed by atoms with Gasteiger partial charge in [0.25, 0.3) is 0 Å². The number of fused-ring (bicyclic) bond motifs is 1. The molecule has 1 aliphatic heterocycles. The van der Waals surface area contributed by atoms with Gasteiger partial charge in [-0.15, -0.1) is 0 Å². The highest BCUT2D eigenvalue weighted by molar-refractivity contribution is 5.37. The van der Waals surface area contributed by atoms with Gasteiger partial charge in [-0.1, -0.05) is 38.5 Å². The summed E-state index contributed by atoms with van der Waals surface area (Å²) >= 11 is 0. The molecule has 2 heteroatoms. The van der Waals surface area contributed by atoms with Crippen LogP contribution in [-0.4, -0.2) is 19.7 Å². The van der Waals surface area contributed by atoms with E-state index in [2.05, 4.69) is 50.5 Å². The molecule has 1 aromatic carbocycles. The molecule has 2 rings (SSSR count). The molecule has 19 heavy (non-hydrogen) atoms. The molecule has 0 aromatic heterocycles. The van der Waals surface area contributed by atoms with E-state index < -0.39 is 0 Å². The molecule has 106 valence electrons. The molecule has 0 aliphatic carbocycles. The molecule has 0 saturated heterocycles. The van der Waals surface area contributed by atoms with Crippen molar-refractivity contribution in [2.75, 3.05) is 13.7 Å². The first-order valence-electron chi connectivity index (χ1n) is 7.61. The fourth-order valence-electron chi connectivity index (χ4n) is 3.11. The number of para-hydroxylation sites is 1. The van der Waals surface area contributed by atoms with Crippen LogP contribution in [-0.2, 0) is 0 Å². The summed E-state index contributed by atoms with van der Waals surface area (Å²) in [5.41, 5.74) is 1.42. The zero-order valence-electron chi connectivity index (χ0n) is 12.5. The number of ether oxygens (including phenoxy) is 1. The molecule has 2 unspecified atom stereocenters. The first kappa shape index (κ1) is 14.4. The molecule has 0 bridgehead atoms. The third-order valence-electron chi connectivity index (χ3n) is 4.33. The van der Waals surface area contributed by atoms with Crippen molar-refractivity contribution in [3.05, 3.63) is 29.8 Å². The second-order valence-electron chi connectivity index (χ2n) is 5.94. The third-order valence-corrected chi connectivity index (χ3v) is 4.33. The van der Waals surface area contributed by atoms with Crippen LogP contribution < -0.4 is 10.1 Å². The Morgan fingerprint density at radius 2 is 2.11 bits per heavy atom. The molecule has 2 nitrogen and oxygen atoms in total. The van der Waals surface area contributed by atoms with E-state index in [1.807, 2.05) is 0 Å². The molecule has 0 amide bonds. The van der Waals surface area contributed by atoms with Crippen molar-refractivity contribution < 1.29 is 4.74 Å². The average Bonchev–Trinajstić information content (AvgIpc) is 2.43. The van der Waals surface area contributed by atoms with E-state index in [0.717, 1.165) is 12.4 Å². The van der Waals surface area contributed by atoms with E-state index in [4.69, 9.17) is 4.74 Å². The van der Waals surface area contributed by atoms with Crippen LogP contribution in [0.1, 0.15) is 51.0 Å². The molecule has 0 fully saturated rings. The quantitative estimate of drug-likeness (QED) is 0.836. The third kappa shape index (κ3) is 3.73. The highest BCUT2D eigenvalue weighted by Gasteiger charge is 2.21. The Morgan fingerprint density at radius 1 is 1.32 bits per heavy atom. The lowest BCUT2D eigenvalue weighted by Crippen LogP contribution is -2.30. The van der Waals surface area contributed by atoms with Gasteiger partial charge < -0.3 is 10.1 Å². The summed E-state index contributed by atoms with van der Waals surface area (Å²) in [6.07, 6.45) is 5.02. The molecule has 1 aromatic rings. The summed E-state index contributed by atoms with van der Waals surface area (Å²) in [5, 5.41) is 3.43. The van der Waals surface area contributed by atoms with Crippen LogP contribution in [0.15, 0.2) is 24.3 Å². The Labute approximate surface area is 117 Å². The van der Waals surface area contributed by atoms with Gasteiger partial charge in [-0.25, -0.2) is 0 Å². The van der Waals surface area contributed by atoms with Gasteiger partial charge in [0.05, 0.1) is 6.61 Å². The maximum atomic E-state index is 5.73. The fourth-order valence-corrected chi connectivity index (χ4v) is 3.11. The first-order valence-corrected chi connectivity index (χ1v) is 7.61. The molecule has 1 heterocycles. The highest BCUT2D eigenvalue weighted by Crippen LogP contribution is 2.36. The van der Waals surface area contributed by atoms with Crippen molar-refractivity contribution in [3.8, 4) is 5.75 Å². The second kappa shape index (κ2) is 6.95. The average molecular weight is 261 g/mol. The second-order valence-corrected chi connectivity index (χ2v) is 5.94. The maximum absolute atomic E-state index is 5.73. The van der Waals surface area contributed by atoms with Gasteiger partial charge in [-0.2, -0.15) is 0 Å². The predicted octanol–water partition coefficient (Wildman–Crippen LogP) is 3.97. The summed E-state index contributed by atoms with van der Waals surface area (Å²) in [4.78, 5) is 0. The number of rotatable bonds is 6. The Morgan fingerprint density at radius 3 is 2.84 bits per heavy atom.